The fourth-order valence-corrected chi connectivity index (χ4v) is 3.35. The fourth-order valence-electron chi connectivity index (χ4n) is 3.35. The van der Waals surface area contributed by atoms with Gasteiger partial charge in [-0.1, -0.05) is 69.0 Å². The molecule has 27 heavy (non-hydrogen) atoms. The maximum Gasteiger partial charge on any atom is 0.326 e. The van der Waals surface area contributed by atoms with Crippen molar-refractivity contribution >= 4 is 33.7 Å². The van der Waals surface area contributed by atoms with Gasteiger partial charge < -0.3 is 10.4 Å². The minimum absolute atomic E-state index is 0.368. The molecule has 2 N–H and O–H groups in total. The third-order valence-electron chi connectivity index (χ3n) is 4.76. The summed E-state index contributed by atoms with van der Waals surface area (Å²) in [5.41, 5.74) is 1.92. The van der Waals surface area contributed by atoms with Gasteiger partial charge in [0.1, 0.15) is 6.04 Å². The minimum Gasteiger partial charge on any atom is -0.480 e. The SMILES string of the molecule is CCCCCC[C@@H](NC(=O)c1c2ccccc2nc2ccccc12)C(=O)O. The summed E-state index contributed by atoms with van der Waals surface area (Å²) in [6.45, 7) is 2.11. The van der Waals surface area contributed by atoms with Crippen LogP contribution < -0.4 is 5.32 Å². The Bertz CT molecular complexity index is 914. The van der Waals surface area contributed by atoms with Gasteiger partial charge in [-0.3, -0.25) is 4.79 Å². The number of carbonyl (C=O) groups is 2. The number of unbranched alkanes of at least 4 members (excludes halogenated alkanes) is 3. The molecule has 1 aromatic heterocycles. The Morgan fingerprint density at radius 2 is 1.56 bits per heavy atom. The Morgan fingerprint density at radius 1 is 0.963 bits per heavy atom. The molecular weight excluding hydrogens is 340 g/mol. The highest BCUT2D eigenvalue weighted by molar-refractivity contribution is 6.16. The molecule has 0 aliphatic carbocycles. The summed E-state index contributed by atoms with van der Waals surface area (Å²) in [7, 11) is 0. The number of fused-ring (bicyclic) bond motifs is 2. The highest BCUT2D eigenvalue weighted by Gasteiger charge is 2.23. The van der Waals surface area contributed by atoms with E-state index in [0.717, 1.165) is 47.5 Å². The number of hydrogen-bond acceptors (Lipinski definition) is 3. The maximum absolute atomic E-state index is 13.1. The predicted molar refractivity (Wildman–Crippen MR) is 107 cm³/mol. The zero-order valence-electron chi connectivity index (χ0n) is 15.4. The van der Waals surface area contributed by atoms with Crippen LogP contribution in [0.15, 0.2) is 48.5 Å². The molecule has 1 amide bonds. The van der Waals surface area contributed by atoms with E-state index in [-0.39, 0.29) is 5.91 Å². The van der Waals surface area contributed by atoms with Gasteiger partial charge in [-0.25, -0.2) is 9.78 Å². The molecule has 1 atom stereocenters. The molecule has 0 aliphatic rings. The molecule has 5 nitrogen and oxygen atoms in total. The summed E-state index contributed by atoms with van der Waals surface area (Å²) in [6.07, 6.45) is 4.33. The van der Waals surface area contributed by atoms with Gasteiger partial charge in [0.25, 0.3) is 5.91 Å². The summed E-state index contributed by atoms with van der Waals surface area (Å²) >= 11 is 0. The van der Waals surface area contributed by atoms with E-state index in [1.165, 1.54) is 0 Å². The Kier molecular flexibility index (Phi) is 6.01. The van der Waals surface area contributed by atoms with E-state index in [1.807, 2.05) is 48.5 Å². The molecule has 2 aromatic carbocycles. The van der Waals surface area contributed by atoms with Gasteiger partial charge in [-0.05, 0) is 18.6 Å². The third-order valence-corrected chi connectivity index (χ3v) is 4.76. The number of aromatic nitrogens is 1. The van der Waals surface area contributed by atoms with E-state index >= 15 is 0 Å². The lowest BCUT2D eigenvalue weighted by atomic mass is 10.0. The van der Waals surface area contributed by atoms with Gasteiger partial charge in [0, 0.05) is 10.8 Å². The number of para-hydroxylation sites is 2. The smallest absolute Gasteiger partial charge is 0.326 e. The van der Waals surface area contributed by atoms with Gasteiger partial charge in [-0.2, -0.15) is 0 Å². The van der Waals surface area contributed by atoms with Crippen molar-refractivity contribution in [1.29, 1.82) is 0 Å². The number of pyridine rings is 1. The van der Waals surface area contributed by atoms with Crippen LogP contribution in [0.4, 0.5) is 0 Å². The molecule has 3 aromatic rings. The molecule has 0 spiro atoms. The monoisotopic (exact) mass is 364 g/mol. The zero-order chi connectivity index (χ0) is 19.2. The standard InChI is InChI=1S/C22H24N2O3/c1-2-3-4-5-14-19(22(26)27)24-21(25)20-15-10-6-8-12-17(15)23-18-13-9-7-11-16(18)20/h6-13,19H,2-5,14H2,1H3,(H,24,25)(H,26,27)/t19-/m1/s1. The van der Waals surface area contributed by atoms with Crippen LogP contribution in [0.3, 0.4) is 0 Å². The topological polar surface area (TPSA) is 79.3 Å². The average molecular weight is 364 g/mol. The quantitative estimate of drug-likeness (QED) is 0.454. The molecule has 3 rings (SSSR count). The third kappa shape index (κ3) is 4.25. The highest BCUT2D eigenvalue weighted by Crippen LogP contribution is 2.26. The van der Waals surface area contributed by atoms with Crippen molar-refractivity contribution in [3.63, 3.8) is 0 Å². The van der Waals surface area contributed by atoms with E-state index in [2.05, 4.69) is 17.2 Å². The average Bonchev–Trinajstić information content (AvgIpc) is 2.68. The molecule has 0 saturated carbocycles. The fraction of sp³-hybridized carbons (Fsp3) is 0.318. The summed E-state index contributed by atoms with van der Waals surface area (Å²) in [4.78, 5) is 29.3. The van der Waals surface area contributed by atoms with E-state index < -0.39 is 12.0 Å². The van der Waals surface area contributed by atoms with Gasteiger partial charge in [0.2, 0.25) is 0 Å². The summed E-state index contributed by atoms with van der Waals surface area (Å²) < 4.78 is 0. The largest absolute Gasteiger partial charge is 0.480 e. The Balaban J connectivity index is 1.94. The van der Waals surface area contributed by atoms with Gasteiger partial charge in [0.15, 0.2) is 0 Å². The maximum atomic E-state index is 13.1. The van der Waals surface area contributed by atoms with E-state index in [1.54, 1.807) is 0 Å². The number of nitrogens with one attached hydrogen (secondary N) is 1. The summed E-state index contributed by atoms with van der Waals surface area (Å²) in [5.74, 6) is -1.37. The van der Waals surface area contributed by atoms with Crippen molar-refractivity contribution in [2.75, 3.05) is 0 Å². The van der Waals surface area contributed by atoms with Crippen LogP contribution in [-0.2, 0) is 4.79 Å². The first-order valence-electron chi connectivity index (χ1n) is 9.43. The number of amides is 1. The second-order valence-electron chi connectivity index (χ2n) is 6.73. The lowest BCUT2D eigenvalue weighted by Gasteiger charge is -2.16. The predicted octanol–water partition coefficient (Wildman–Crippen LogP) is 4.54. The Morgan fingerprint density at radius 3 is 2.11 bits per heavy atom. The normalized spacial score (nSPS) is 12.2. The molecule has 0 radical (unpaired) electrons. The number of carboxylic acid groups (broad SMARTS) is 1. The van der Waals surface area contributed by atoms with E-state index in [0.29, 0.717) is 12.0 Å². The van der Waals surface area contributed by atoms with Crippen molar-refractivity contribution in [3.05, 3.63) is 54.1 Å². The van der Waals surface area contributed by atoms with Crippen LogP contribution in [-0.4, -0.2) is 28.0 Å². The molecule has 0 bridgehead atoms. The molecular formula is C22H24N2O3. The van der Waals surface area contributed by atoms with Gasteiger partial charge >= 0.3 is 5.97 Å². The van der Waals surface area contributed by atoms with Crippen LogP contribution in [0.2, 0.25) is 0 Å². The van der Waals surface area contributed by atoms with Gasteiger partial charge in [0.05, 0.1) is 16.6 Å². The minimum atomic E-state index is -0.998. The molecule has 0 fully saturated rings. The number of carboxylic acids is 1. The summed E-state index contributed by atoms with van der Waals surface area (Å²) in [6, 6.07) is 14.0. The van der Waals surface area contributed by atoms with Crippen molar-refractivity contribution < 1.29 is 14.7 Å². The molecule has 5 heteroatoms. The number of benzene rings is 2. The molecule has 0 saturated heterocycles. The Hall–Kier alpha value is -2.95. The van der Waals surface area contributed by atoms with Crippen LogP contribution in [0.5, 0.6) is 0 Å². The first-order valence-corrected chi connectivity index (χ1v) is 9.43. The number of nitrogens with zero attached hydrogens (tertiary/aromatic N) is 1. The number of rotatable bonds is 8. The van der Waals surface area contributed by atoms with E-state index in [9.17, 15) is 14.7 Å². The lowest BCUT2D eigenvalue weighted by Crippen LogP contribution is -2.40. The van der Waals surface area contributed by atoms with E-state index in [4.69, 9.17) is 0 Å². The molecule has 0 aliphatic heterocycles. The molecule has 140 valence electrons. The molecule has 1 heterocycles. The highest BCUT2D eigenvalue weighted by atomic mass is 16.4. The second kappa shape index (κ2) is 8.62. The van der Waals surface area contributed by atoms with Crippen LogP contribution in [0, 0.1) is 0 Å². The van der Waals surface area contributed by atoms with Crippen molar-refractivity contribution in [3.8, 4) is 0 Å². The van der Waals surface area contributed by atoms with Gasteiger partial charge in [-0.15, -0.1) is 0 Å². The molecule has 0 unspecified atom stereocenters. The number of hydrogen-bond donors (Lipinski definition) is 2. The number of aliphatic carboxylic acids is 1. The zero-order valence-corrected chi connectivity index (χ0v) is 15.4. The Labute approximate surface area is 158 Å². The van der Waals surface area contributed by atoms with Crippen LogP contribution in [0.1, 0.15) is 49.4 Å². The van der Waals surface area contributed by atoms with Crippen molar-refractivity contribution in [2.45, 2.75) is 45.1 Å². The summed E-state index contributed by atoms with van der Waals surface area (Å²) in [5, 5.41) is 13.7. The first-order chi connectivity index (χ1) is 13.1. The van der Waals surface area contributed by atoms with Crippen LogP contribution in [0.25, 0.3) is 21.8 Å². The van der Waals surface area contributed by atoms with Crippen LogP contribution >= 0.6 is 0 Å². The number of carbonyl (C=O) groups excluding carboxylic acids is 1. The van der Waals surface area contributed by atoms with Crippen molar-refractivity contribution in [2.24, 2.45) is 0 Å². The second-order valence-corrected chi connectivity index (χ2v) is 6.73. The lowest BCUT2D eigenvalue weighted by molar-refractivity contribution is -0.139. The van der Waals surface area contributed by atoms with Crippen molar-refractivity contribution in [1.82, 2.24) is 10.3 Å². The first kappa shape index (κ1) is 18.8.